The Morgan fingerprint density at radius 1 is 0.933 bits per heavy atom. The molecule has 0 radical (unpaired) electrons. The Bertz CT molecular complexity index is 189. The van der Waals surface area contributed by atoms with Gasteiger partial charge in [-0.2, -0.15) is 0 Å². The summed E-state index contributed by atoms with van der Waals surface area (Å²) in [6.07, 6.45) is 5.38. The van der Waals surface area contributed by atoms with Crippen LogP contribution in [0.1, 0.15) is 48.0 Å². The highest BCUT2D eigenvalue weighted by atomic mass is 16.7. The summed E-state index contributed by atoms with van der Waals surface area (Å²) in [5.74, 6) is -0.540. The first-order chi connectivity index (χ1) is 6.93. The van der Waals surface area contributed by atoms with Crippen molar-refractivity contribution in [2.24, 2.45) is 5.41 Å². The summed E-state index contributed by atoms with van der Waals surface area (Å²) in [6.45, 7) is 13.8. The van der Waals surface area contributed by atoms with E-state index in [-0.39, 0.29) is 5.41 Å². The Labute approximate surface area is 94.7 Å². The molecule has 0 aliphatic heterocycles. The molecule has 0 aliphatic carbocycles. The number of hydrogen-bond donors (Lipinski definition) is 0. The van der Waals surface area contributed by atoms with Crippen molar-refractivity contribution in [3.8, 4) is 0 Å². The lowest BCUT2D eigenvalue weighted by molar-refractivity contribution is -0.266. The maximum Gasteiger partial charge on any atom is 0.173 e. The van der Waals surface area contributed by atoms with Crippen LogP contribution in [0.3, 0.4) is 0 Å². The van der Waals surface area contributed by atoms with E-state index < -0.39 is 5.79 Å². The van der Waals surface area contributed by atoms with E-state index in [9.17, 15) is 0 Å². The third-order valence-electron chi connectivity index (χ3n) is 2.78. The summed E-state index contributed by atoms with van der Waals surface area (Å²) in [6, 6.07) is 0. The van der Waals surface area contributed by atoms with Gasteiger partial charge in [-0.3, -0.25) is 0 Å². The highest BCUT2D eigenvalue weighted by Gasteiger charge is 2.40. The largest absolute Gasteiger partial charge is 0.350 e. The summed E-state index contributed by atoms with van der Waals surface area (Å²) in [5, 5.41) is 0. The second-order valence-electron chi connectivity index (χ2n) is 4.34. The zero-order valence-electron chi connectivity index (χ0n) is 11.1. The molecule has 0 aromatic heterocycles. The quantitative estimate of drug-likeness (QED) is 0.474. The van der Waals surface area contributed by atoms with Gasteiger partial charge < -0.3 is 9.47 Å². The second kappa shape index (κ2) is 6.29. The zero-order valence-corrected chi connectivity index (χ0v) is 11.1. The average molecular weight is 214 g/mol. The first-order valence-corrected chi connectivity index (χ1v) is 5.89. The number of ether oxygens (including phenoxy) is 2. The molecule has 0 amide bonds. The molecule has 2 nitrogen and oxygen atoms in total. The molecule has 15 heavy (non-hydrogen) atoms. The van der Waals surface area contributed by atoms with Crippen LogP contribution in [0.5, 0.6) is 0 Å². The van der Waals surface area contributed by atoms with Gasteiger partial charge in [0.05, 0.1) is 0 Å². The molecule has 0 fully saturated rings. The van der Waals surface area contributed by atoms with E-state index in [0.717, 1.165) is 6.42 Å². The van der Waals surface area contributed by atoms with Crippen molar-refractivity contribution in [3.05, 3.63) is 12.2 Å². The first kappa shape index (κ1) is 14.7. The normalized spacial score (nSPS) is 13.7. The van der Waals surface area contributed by atoms with Crippen LogP contribution in [-0.2, 0) is 9.47 Å². The minimum Gasteiger partial charge on any atom is -0.350 e. The van der Waals surface area contributed by atoms with E-state index in [4.69, 9.17) is 9.47 Å². The smallest absolute Gasteiger partial charge is 0.173 e. The van der Waals surface area contributed by atoms with Crippen LogP contribution in [0.15, 0.2) is 12.2 Å². The van der Waals surface area contributed by atoms with Gasteiger partial charge in [-0.05, 0) is 27.2 Å². The van der Waals surface area contributed by atoms with Crippen molar-refractivity contribution in [2.45, 2.75) is 53.8 Å². The molecule has 0 rings (SSSR count). The molecule has 90 valence electrons. The summed E-state index contributed by atoms with van der Waals surface area (Å²) in [5.41, 5.74) is -0.116. The van der Waals surface area contributed by atoms with Gasteiger partial charge in [-0.25, -0.2) is 0 Å². The van der Waals surface area contributed by atoms with Crippen LogP contribution >= 0.6 is 0 Å². The van der Waals surface area contributed by atoms with Gasteiger partial charge in [0.1, 0.15) is 0 Å². The summed E-state index contributed by atoms with van der Waals surface area (Å²) in [7, 11) is 0. The molecule has 0 spiro atoms. The molecular formula is C13H26O2. The minimum atomic E-state index is -0.540. The molecule has 0 atom stereocenters. The van der Waals surface area contributed by atoms with E-state index in [1.54, 1.807) is 0 Å². The van der Waals surface area contributed by atoms with Crippen LogP contribution in [0.25, 0.3) is 0 Å². The van der Waals surface area contributed by atoms with Gasteiger partial charge >= 0.3 is 0 Å². The maximum absolute atomic E-state index is 5.76. The van der Waals surface area contributed by atoms with Crippen LogP contribution in [0, 0.1) is 5.41 Å². The molecule has 0 unspecified atom stereocenters. The third-order valence-corrected chi connectivity index (χ3v) is 2.78. The van der Waals surface area contributed by atoms with Crippen molar-refractivity contribution in [1.82, 2.24) is 0 Å². The van der Waals surface area contributed by atoms with E-state index in [1.807, 2.05) is 20.8 Å². The van der Waals surface area contributed by atoms with Gasteiger partial charge in [0.25, 0.3) is 0 Å². The fourth-order valence-corrected chi connectivity index (χ4v) is 1.53. The Morgan fingerprint density at radius 2 is 1.40 bits per heavy atom. The van der Waals surface area contributed by atoms with Gasteiger partial charge in [-0.15, -0.1) is 0 Å². The average Bonchev–Trinajstić information content (AvgIpc) is 2.15. The Morgan fingerprint density at radius 3 is 1.73 bits per heavy atom. The number of hydrogen-bond acceptors (Lipinski definition) is 2. The van der Waals surface area contributed by atoms with E-state index in [0.29, 0.717) is 13.2 Å². The number of allylic oxidation sites excluding steroid dienone is 1. The molecular weight excluding hydrogens is 188 g/mol. The lowest BCUT2D eigenvalue weighted by Gasteiger charge is -2.41. The molecule has 0 heterocycles. The Kier molecular flexibility index (Phi) is 6.15. The van der Waals surface area contributed by atoms with Crippen LogP contribution < -0.4 is 0 Å². The third kappa shape index (κ3) is 3.96. The van der Waals surface area contributed by atoms with E-state index in [1.165, 1.54) is 0 Å². The molecule has 0 N–H and O–H groups in total. The van der Waals surface area contributed by atoms with Crippen LogP contribution in [0.4, 0.5) is 0 Å². The molecule has 0 saturated carbocycles. The maximum atomic E-state index is 5.76. The standard InChI is InChI=1S/C13H26O2/c1-7-10-11-12(4,5)13(6,14-8-2)15-9-3/h10-11H,7-9H2,1-6H3. The molecule has 2 heteroatoms. The van der Waals surface area contributed by atoms with Crippen molar-refractivity contribution < 1.29 is 9.47 Å². The lowest BCUT2D eigenvalue weighted by Crippen LogP contribution is -2.46. The van der Waals surface area contributed by atoms with E-state index >= 15 is 0 Å². The fourth-order valence-electron chi connectivity index (χ4n) is 1.53. The van der Waals surface area contributed by atoms with Crippen LogP contribution in [0.2, 0.25) is 0 Å². The molecule has 0 bridgehead atoms. The highest BCUT2D eigenvalue weighted by Crippen LogP contribution is 2.36. The molecule has 0 aliphatic rings. The summed E-state index contributed by atoms with van der Waals surface area (Å²) in [4.78, 5) is 0. The van der Waals surface area contributed by atoms with Crippen LogP contribution in [-0.4, -0.2) is 19.0 Å². The SMILES string of the molecule is CCC=CC(C)(C)C(C)(OCC)OCC. The van der Waals surface area contributed by atoms with Gasteiger partial charge in [0, 0.05) is 18.6 Å². The van der Waals surface area contributed by atoms with Crippen molar-refractivity contribution in [1.29, 1.82) is 0 Å². The summed E-state index contributed by atoms with van der Waals surface area (Å²) < 4.78 is 11.5. The predicted octanol–water partition coefficient (Wildman–Crippen LogP) is 3.77. The van der Waals surface area contributed by atoms with Gasteiger partial charge in [0.2, 0.25) is 0 Å². The van der Waals surface area contributed by atoms with Gasteiger partial charge in [0.15, 0.2) is 5.79 Å². The zero-order chi connectivity index (χ0) is 11.9. The number of rotatable bonds is 7. The van der Waals surface area contributed by atoms with Crippen molar-refractivity contribution in [3.63, 3.8) is 0 Å². The minimum absolute atomic E-state index is 0.116. The second-order valence-corrected chi connectivity index (χ2v) is 4.34. The summed E-state index contributed by atoms with van der Waals surface area (Å²) >= 11 is 0. The molecule has 0 aromatic rings. The van der Waals surface area contributed by atoms with Crippen molar-refractivity contribution in [2.75, 3.05) is 13.2 Å². The Balaban J connectivity index is 4.78. The Hall–Kier alpha value is -0.340. The molecule has 0 aromatic carbocycles. The monoisotopic (exact) mass is 214 g/mol. The first-order valence-electron chi connectivity index (χ1n) is 5.89. The van der Waals surface area contributed by atoms with Gasteiger partial charge in [-0.1, -0.05) is 32.9 Å². The molecule has 0 saturated heterocycles. The fraction of sp³-hybridized carbons (Fsp3) is 0.846. The highest BCUT2D eigenvalue weighted by molar-refractivity contribution is 5.01. The van der Waals surface area contributed by atoms with Crippen molar-refractivity contribution >= 4 is 0 Å². The lowest BCUT2D eigenvalue weighted by atomic mass is 9.83. The predicted molar refractivity (Wildman–Crippen MR) is 64.9 cm³/mol. The van der Waals surface area contributed by atoms with E-state index in [2.05, 4.69) is 32.9 Å². The topological polar surface area (TPSA) is 18.5 Å².